The van der Waals surface area contributed by atoms with Gasteiger partial charge in [0.05, 0.1) is 17.9 Å². The van der Waals surface area contributed by atoms with Gasteiger partial charge in [-0.3, -0.25) is 9.89 Å². The molecule has 0 aliphatic heterocycles. The molecule has 2 rings (SSSR count). The predicted octanol–water partition coefficient (Wildman–Crippen LogP) is 1.08. The molecule has 0 saturated heterocycles. The summed E-state index contributed by atoms with van der Waals surface area (Å²) in [5.74, 6) is 0.798. The molecule has 0 saturated carbocycles. The van der Waals surface area contributed by atoms with Crippen molar-refractivity contribution in [1.29, 1.82) is 0 Å². The molecule has 2 heterocycles. The average molecular weight is 290 g/mol. The van der Waals surface area contributed by atoms with Gasteiger partial charge in [-0.2, -0.15) is 5.10 Å². The second-order valence-electron chi connectivity index (χ2n) is 6.16. The maximum absolute atomic E-state index is 11.8. The number of rotatable bonds is 5. The molecule has 0 bridgehead atoms. The van der Waals surface area contributed by atoms with Crippen LogP contribution in [0, 0.1) is 0 Å². The lowest BCUT2D eigenvalue weighted by atomic mass is 9.92. The van der Waals surface area contributed by atoms with Crippen LogP contribution in [0.5, 0.6) is 0 Å². The third-order valence-corrected chi connectivity index (χ3v) is 3.26. The third-order valence-electron chi connectivity index (χ3n) is 3.26. The molecule has 0 aliphatic carbocycles. The highest BCUT2D eigenvalue weighted by molar-refractivity contribution is 5.75. The van der Waals surface area contributed by atoms with Crippen LogP contribution in [0.2, 0.25) is 0 Å². The Morgan fingerprint density at radius 3 is 2.76 bits per heavy atom. The highest BCUT2D eigenvalue weighted by Crippen LogP contribution is 2.20. The Kier molecular flexibility index (Phi) is 4.40. The minimum absolute atomic E-state index is 0.00393. The van der Waals surface area contributed by atoms with E-state index in [1.165, 1.54) is 0 Å². The number of aromatic nitrogens is 5. The quantitative estimate of drug-likeness (QED) is 0.862. The van der Waals surface area contributed by atoms with E-state index in [1.807, 2.05) is 17.7 Å². The molecular formula is C14H22N6O. The van der Waals surface area contributed by atoms with E-state index in [-0.39, 0.29) is 11.3 Å². The summed E-state index contributed by atoms with van der Waals surface area (Å²) in [6.07, 6.45) is 2.61. The first-order chi connectivity index (χ1) is 9.86. The molecule has 0 spiro atoms. The van der Waals surface area contributed by atoms with Crippen molar-refractivity contribution in [2.45, 2.75) is 45.6 Å². The normalized spacial score (nSPS) is 11.6. The van der Waals surface area contributed by atoms with E-state index >= 15 is 0 Å². The van der Waals surface area contributed by atoms with E-state index in [1.54, 1.807) is 6.33 Å². The topological polar surface area (TPSA) is 88.5 Å². The van der Waals surface area contributed by atoms with Crippen LogP contribution in [0.15, 0.2) is 12.4 Å². The van der Waals surface area contributed by atoms with Crippen molar-refractivity contribution >= 4 is 5.91 Å². The van der Waals surface area contributed by atoms with Crippen LogP contribution in [-0.4, -0.2) is 30.9 Å². The summed E-state index contributed by atoms with van der Waals surface area (Å²) in [6, 6.07) is 1.99. The van der Waals surface area contributed by atoms with E-state index in [2.05, 4.69) is 46.5 Å². The molecule has 7 heteroatoms. The van der Waals surface area contributed by atoms with Crippen LogP contribution in [-0.2, 0) is 30.2 Å². The summed E-state index contributed by atoms with van der Waals surface area (Å²) in [5.41, 5.74) is 1.90. The molecule has 2 N–H and O–H groups in total. The number of carbonyl (C=O) groups is 1. The van der Waals surface area contributed by atoms with E-state index < -0.39 is 0 Å². The average Bonchev–Trinajstić information content (AvgIpc) is 3.02. The fourth-order valence-electron chi connectivity index (χ4n) is 1.88. The van der Waals surface area contributed by atoms with Gasteiger partial charge in [-0.15, -0.1) is 10.2 Å². The molecule has 7 nitrogen and oxygen atoms in total. The number of amides is 1. The second-order valence-corrected chi connectivity index (χ2v) is 6.16. The maximum atomic E-state index is 11.8. The SMILES string of the molecule is Cn1cnnc1CCC(=O)NCc1cc(C(C)(C)C)n[nH]1. The van der Waals surface area contributed by atoms with Crippen LogP contribution in [0.4, 0.5) is 0 Å². The zero-order valence-electron chi connectivity index (χ0n) is 13.0. The molecule has 2 aromatic rings. The molecule has 0 aliphatic rings. The number of H-pyrrole nitrogens is 1. The Morgan fingerprint density at radius 1 is 1.43 bits per heavy atom. The van der Waals surface area contributed by atoms with Gasteiger partial charge in [0, 0.05) is 25.3 Å². The molecular weight excluding hydrogens is 268 g/mol. The highest BCUT2D eigenvalue weighted by atomic mass is 16.1. The number of aryl methyl sites for hydroxylation is 2. The van der Waals surface area contributed by atoms with Gasteiger partial charge in [0.15, 0.2) is 0 Å². The summed E-state index contributed by atoms with van der Waals surface area (Å²) in [6.45, 7) is 6.77. The van der Waals surface area contributed by atoms with E-state index in [4.69, 9.17) is 0 Å². The van der Waals surface area contributed by atoms with Crippen molar-refractivity contribution in [2.24, 2.45) is 7.05 Å². The monoisotopic (exact) mass is 290 g/mol. The van der Waals surface area contributed by atoms with Gasteiger partial charge >= 0.3 is 0 Å². The van der Waals surface area contributed by atoms with Crippen molar-refractivity contribution in [2.75, 3.05) is 0 Å². The summed E-state index contributed by atoms with van der Waals surface area (Å²) < 4.78 is 1.82. The molecule has 0 unspecified atom stereocenters. The van der Waals surface area contributed by atoms with E-state index in [0.29, 0.717) is 19.4 Å². The van der Waals surface area contributed by atoms with Gasteiger partial charge in [0.1, 0.15) is 12.2 Å². The number of nitrogens with one attached hydrogen (secondary N) is 2. The molecule has 1 amide bonds. The van der Waals surface area contributed by atoms with Gasteiger partial charge in [-0.05, 0) is 6.07 Å². The van der Waals surface area contributed by atoms with Gasteiger partial charge in [-0.25, -0.2) is 0 Å². The molecule has 0 radical (unpaired) electrons. The maximum Gasteiger partial charge on any atom is 0.220 e. The van der Waals surface area contributed by atoms with Crippen molar-refractivity contribution in [1.82, 2.24) is 30.3 Å². The Balaban J connectivity index is 1.79. The summed E-state index contributed by atoms with van der Waals surface area (Å²) in [7, 11) is 1.87. The lowest BCUT2D eigenvalue weighted by Gasteiger charge is -2.13. The van der Waals surface area contributed by atoms with Gasteiger partial charge in [0.25, 0.3) is 0 Å². The number of aromatic amines is 1. The molecule has 114 valence electrons. The zero-order valence-corrected chi connectivity index (χ0v) is 13.0. The van der Waals surface area contributed by atoms with Gasteiger partial charge in [-0.1, -0.05) is 20.8 Å². The largest absolute Gasteiger partial charge is 0.350 e. The van der Waals surface area contributed by atoms with Crippen molar-refractivity contribution in [3.8, 4) is 0 Å². The number of hydrogen-bond acceptors (Lipinski definition) is 4. The Bertz CT molecular complexity index is 607. The number of hydrogen-bond donors (Lipinski definition) is 2. The molecule has 21 heavy (non-hydrogen) atoms. The van der Waals surface area contributed by atoms with E-state index in [9.17, 15) is 4.79 Å². The third kappa shape index (κ3) is 4.14. The second kappa shape index (κ2) is 6.07. The highest BCUT2D eigenvalue weighted by Gasteiger charge is 2.17. The van der Waals surface area contributed by atoms with E-state index in [0.717, 1.165) is 17.2 Å². The standard InChI is InChI=1S/C14H22N6O/c1-14(2,3)11-7-10(17-18-11)8-15-13(21)6-5-12-19-16-9-20(12)4/h7,9H,5-6,8H2,1-4H3,(H,15,21)(H,17,18). The van der Waals surface area contributed by atoms with Crippen molar-refractivity contribution < 1.29 is 4.79 Å². The van der Waals surface area contributed by atoms with Crippen LogP contribution < -0.4 is 5.32 Å². The first kappa shape index (κ1) is 15.2. The van der Waals surface area contributed by atoms with Crippen LogP contribution in [0.1, 0.15) is 44.4 Å². The predicted molar refractivity (Wildman–Crippen MR) is 78.5 cm³/mol. The zero-order chi connectivity index (χ0) is 15.5. The molecule has 0 fully saturated rings. The summed E-state index contributed by atoms with van der Waals surface area (Å²) in [5, 5.41) is 17.8. The molecule has 0 aromatic carbocycles. The smallest absolute Gasteiger partial charge is 0.220 e. The Labute approximate surface area is 124 Å². The molecule has 2 aromatic heterocycles. The minimum atomic E-state index is -0.00934. The van der Waals surface area contributed by atoms with Crippen LogP contribution in [0.3, 0.4) is 0 Å². The minimum Gasteiger partial charge on any atom is -0.350 e. The summed E-state index contributed by atoms with van der Waals surface area (Å²) in [4.78, 5) is 11.8. The van der Waals surface area contributed by atoms with Gasteiger partial charge in [0.2, 0.25) is 5.91 Å². The lowest BCUT2D eigenvalue weighted by Crippen LogP contribution is -2.23. The number of nitrogens with zero attached hydrogens (tertiary/aromatic N) is 4. The van der Waals surface area contributed by atoms with Crippen molar-refractivity contribution in [3.05, 3.63) is 29.6 Å². The first-order valence-corrected chi connectivity index (χ1v) is 7.00. The van der Waals surface area contributed by atoms with Crippen molar-refractivity contribution in [3.63, 3.8) is 0 Å². The van der Waals surface area contributed by atoms with Crippen LogP contribution in [0.25, 0.3) is 0 Å². The molecule has 0 atom stereocenters. The van der Waals surface area contributed by atoms with Gasteiger partial charge < -0.3 is 9.88 Å². The fraction of sp³-hybridized carbons (Fsp3) is 0.571. The van der Waals surface area contributed by atoms with Crippen LogP contribution >= 0.6 is 0 Å². The summed E-state index contributed by atoms with van der Waals surface area (Å²) >= 11 is 0. The number of carbonyl (C=O) groups excluding carboxylic acids is 1. The Morgan fingerprint density at radius 2 is 2.19 bits per heavy atom. The first-order valence-electron chi connectivity index (χ1n) is 7.00. The lowest BCUT2D eigenvalue weighted by molar-refractivity contribution is -0.121. The Hall–Kier alpha value is -2.18. The fourth-order valence-corrected chi connectivity index (χ4v) is 1.88.